The maximum atomic E-state index is 10.5. The zero-order valence-corrected chi connectivity index (χ0v) is 27.7. The van der Waals surface area contributed by atoms with Crippen LogP contribution in [0.3, 0.4) is 0 Å². The van der Waals surface area contributed by atoms with Crippen molar-refractivity contribution in [2.24, 2.45) is 0 Å². The first-order valence-corrected chi connectivity index (χ1v) is 16.3. The number of phenols is 2. The van der Waals surface area contributed by atoms with Crippen LogP contribution in [0.5, 0.6) is 34.5 Å². The Hall–Kier alpha value is -7.72. The van der Waals surface area contributed by atoms with Gasteiger partial charge in [0.1, 0.15) is 23.0 Å². The van der Waals surface area contributed by atoms with Crippen molar-refractivity contribution in [2.45, 2.75) is 0 Å². The van der Waals surface area contributed by atoms with Crippen molar-refractivity contribution >= 4 is 22.1 Å². The first kappa shape index (κ1) is 32.8. The lowest BCUT2D eigenvalue weighted by molar-refractivity contribution is 0.456. The van der Waals surface area contributed by atoms with Crippen molar-refractivity contribution in [1.82, 2.24) is 0 Å². The van der Waals surface area contributed by atoms with Crippen molar-refractivity contribution in [2.75, 3.05) is 11.5 Å². The van der Waals surface area contributed by atoms with Gasteiger partial charge in [0, 0.05) is 45.2 Å². The van der Waals surface area contributed by atoms with Gasteiger partial charge in [-0.15, -0.1) is 0 Å². The number of nitrogens with two attached hydrogens (primary N) is 2. The Morgan fingerprint density at radius 1 is 0.404 bits per heavy atom. The van der Waals surface area contributed by atoms with Crippen LogP contribution in [0.2, 0.25) is 0 Å². The van der Waals surface area contributed by atoms with Crippen molar-refractivity contribution in [3.05, 3.63) is 179 Å². The van der Waals surface area contributed by atoms with E-state index < -0.39 is 0 Å². The Morgan fingerprint density at radius 3 is 1.33 bits per heavy atom. The van der Waals surface area contributed by atoms with Gasteiger partial charge in [-0.25, -0.2) is 0 Å². The summed E-state index contributed by atoms with van der Waals surface area (Å²) in [5.74, 6) is 21.0. The number of benzene rings is 7. The van der Waals surface area contributed by atoms with Gasteiger partial charge < -0.3 is 31.2 Å². The van der Waals surface area contributed by atoms with Crippen molar-refractivity contribution < 1.29 is 19.7 Å². The van der Waals surface area contributed by atoms with Crippen LogP contribution in [0, 0.1) is 35.5 Å². The van der Waals surface area contributed by atoms with E-state index in [1.165, 1.54) is 12.1 Å². The fourth-order valence-corrected chi connectivity index (χ4v) is 5.36. The summed E-state index contributed by atoms with van der Waals surface area (Å²) < 4.78 is 13.2. The van der Waals surface area contributed by atoms with E-state index in [1.54, 1.807) is 24.3 Å². The Labute approximate surface area is 301 Å². The van der Waals surface area contributed by atoms with Crippen LogP contribution in [-0.2, 0) is 0 Å². The molecular formula is C46H30N2O4. The highest BCUT2D eigenvalue weighted by Crippen LogP contribution is 2.44. The minimum Gasteiger partial charge on any atom is -0.506 e. The van der Waals surface area contributed by atoms with E-state index >= 15 is 0 Å². The maximum absolute atomic E-state index is 10.5. The van der Waals surface area contributed by atoms with Crippen LogP contribution in [0.25, 0.3) is 10.8 Å². The predicted molar refractivity (Wildman–Crippen MR) is 206 cm³/mol. The third-order valence-electron chi connectivity index (χ3n) is 7.99. The second kappa shape index (κ2) is 14.8. The van der Waals surface area contributed by atoms with E-state index in [1.807, 2.05) is 109 Å². The molecule has 7 aromatic carbocycles. The average molecular weight is 675 g/mol. The molecular weight excluding hydrogens is 645 g/mol. The van der Waals surface area contributed by atoms with Gasteiger partial charge in [-0.05, 0) is 78.9 Å². The molecule has 0 bridgehead atoms. The molecule has 0 spiro atoms. The molecule has 0 aliphatic carbocycles. The number of phenolic OH excluding ortho intramolecular Hbond substituents is 2. The Balaban J connectivity index is 1.54. The quantitative estimate of drug-likeness (QED) is 0.0842. The third-order valence-corrected chi connectivity index (χ3v) is 7.99. The SMILES string of the molecule is Nc1ccc(Oc2c(C#Cc3ccccc3)cc(C#Cc3ccccc3)c3c(Oc4ccc(N)c(O)c4)c(C#Cc4ccccc4)ccc23)cc1O. The fourth-order valence-electron chi connectivity index (χ4n) is 5.36. The molecule has 6 nitrogen and oxygen atoms in total. The first-order valence-electron chi connectivity index (χ1n) is 16.3. The normalized spacial score (nSPS) is 10.2. The van der Waals surface area contributed by atoms with Crippen LogP contribution in [0.15, 0.2) is 146 Å². The smallest absolute Gasteiger partial charge is 0.152 e. The summed E-state index contributed by atoms with van der Waals surface area (Å²) in [6.45, 7) is 0. The highest BCUT2D eigenvalue weighted by atomic mass is 16.5. The molecule has 0 radical (unpaired) electrons. The van der Waals surface area contributed by atoms with Crippen LogP contribution >= 0.6 is 0 Å². The van der Waals surface area contributed by atoms with Gasteiger partial charge in [-0.1, -0.05) is 90.1 Å². The first-order chi connectivity index (χ1) is 25.4. The van der Waals surface area contributed by atoms with Gasteiger partial charge in [-0.2, -0.15) is 0 Å². The molecule has 0 heterocycles. The number of ether oxygens (including phenoxy) is 2. The van der Waals surface area contributed by atoms with E-state index in [2.05, 4.69) is 35.5 Å². The monoisotopic (exact) mass is 674 g/mol. The van der Waals surface area contributed by atoms with Crippen molar-refractivity contribution in [1.29, 1.82) is 0 Å². The Bertz CT molecular complexity index is 2620. The molecule has 6 heteroatoms. The van der Waals surface area contributed by atoms with Gasteiger partial charge in [-0.3, -0.25) is 0 Å². The highest BCUT2D eigenvalue weighted by molar-refractivity contribution is 6.01. The number of fused-ring (bicyclic) bond motifs is 1. The number of aromatic hydroxyl groups is 2. The molecule has 0 atom stereocenters. The van der Waals surface area contributed by atoms with Crippen LogP contribution < -0.4 is 20.9 Å². The number of nitrogen functional groups attached to an aromatic ring is 2. The lowest BCUT2D eigenvalue weighted by Crippen LogP contribution is -1.98. The number of rotatable bonds is 4. The minimum absolute atomic E-state index is 0.116. The molecule has 7 rings (SSSR count). The van der Waals surface area contributed by atoms with Gasteiger partial charge in [0.15, 0.2) is 11.5 Å². The molecule has 0 fully saturated rings. The summed E-state index contributed by atoms with van der Waals surface area (Å²) in [7, 11) is 0. The molecule has 52 heavy (non-hydrogen) atoms. The van der Waals surface area contributed by atoms with E-state index in [4.69, 9.17) is 20.9 Å². The lowest BCUT2D eigenvalue weighted by Gasteiger charge is -2.18. The minimum atomic E-state index is -0.121. The summed E-state index contributed by atoms with van der Waals surface area (Å²) in [4.78, 5) is 0. The zero-order chi connectivity index (χ0) is 35.9. The van der Waals surface area contributed by atoms with Crippen LogP contribution in [0.1, 0.15) is 33.4 Å². The molecule has 248 valence electrons. The summed E-state index contributed by atoms with van der Waals surface area (Å²) in [5.41, 5.74) is 16.4. The number of hydrogen-bond donors (Lipinski definition) is 4. The maximum Gasteiger partial charge on any atom is 0.152 e. The highest BCUT2D eigenvalue weighted by Gasteiger charge is 2.20. The van der Waals surface area contributed by atoms with Gasteiger partial charge in [0.2, 0.25) is 0 Å². The summed E-state index contributed by atoms with van der Waals surface area (Å²) in [6, 6.07) is 43.9. The number of hydrogen-bond acceptors (Lipinski definition) is 6. The summed E-state index contributed by atoms with van der Waals surface area (Å²) in [6.07, 6.45) is 0. The van der Waals surface area contributed by atoms with Crippen LogP contribution in [-0.4, -0.2) is 10.2 Å². The van der Waals surface area contributed by atoms with Crippen LogP contribution in [0.4, 0.5) is 11.4 Å². The average Bonchev–Trinajstić information content (AvgIpc) is 3.17. The zero-order valence-electron chi connectivity index (χ0n) is 27.7. The molecule has 0 saturated heterocycles. The van der Waals surface area contributed by atoms with Gasteiger partial charge >= 0.3 is 0 Å². The fraction of sp³-hybridized carbons (Fsp3) is 0. The largest absolute Gasteiger partial charge is 0.506 e. The van der Waals surface area contributed by atoms with Gasteiger partial charge in [0.05, 0.1) is 22.5 Å². The van der Waals surface area contributed by atoms with E-state index in [-0.39, 0.29) is 22.9 Å². The second-order valence-corrected chi connectivity index (χ2v) is 11.7. The summed E-state index contributed by atoms with van der Waals surface area (Å²) in [5, 5.41) is 22.2. The Morgan fingerprint density at radius 2 is 0.846 bits per heavy atom. The molecule has 6 N–H and O–H groups in total. The molecule has 0 aliphatic rings. The number of anilines is 2. The third kappa shape index (κ3) is 7.46. The topological polar surface area (TPSA) is 111 Å². The molecule has 0 aliphatic heterocycles. The predicted octanol–water partition coefficient (Wildman–Crippen LogP) is 9.20. The molecule has 0 saturated carbocycles. The molecule has 0 amide bonds. The Kier molecular flexibility index (Phi) is 9.34. The summed E-state index contributed by atoms with van der Waals surface area (Å²) >= 11 is 0. The second-order valence-electron chi connectivity index (χ2n) is 11.7. The molecule has 7 aromatic rings. The van der Waals surface area contributed by atoms with Gasteiger partial charge in [0.25, 0.3) is 0 Å². The standard InChI is InChI=1S/C46H30N2O4/c47-40-26-23-37(29-42(40)49)51-45-36(21-18-33-14-8-3-9-15-33)28-35(20-17-32-12-6-2-7-13-32)44-39(45)25-22-34(19-16-31-10-4-1-5-11-31)46(44)52-38-24-27-41(48)43(50)30-38/h1-15,22-30,49-50H,47-48H2. The van der Waals surface area contributed by atoms with E-state index in [0.29, 0.717) is 50.5 Å². The van der Waals surface area contributed by atoms with Crippen molar-refractivity contribution in [3.8, 4) is 70.0 Å². The molecule has 0 unspecified atom stereocenters. The van der Waals surface area contributed by atoms with E-state index in [0.717, 1.165) is 16.7 Å². The molecule has 0 aromatic heterocycles. The van der Waals surface area contributed by atoms with E-state index in [9.17, 15) is 10.2 Å². The van der Waals surface area contributed by atoms with Crippen molar-refractivity contribution in [3.63, 3.8) is 0 Å². The lowest BCUT2D eigenvalue weighted by atomic mass is 9.95.